The third-order valence-corrected chi connectivity index (χ3v) is 3.62. The van der Waals surface area contributed by atoms with Crippen LogP contribution in [-0.4, -0.2) is 29.4 Å². The summed E-state index contributed by atoms with van der Waals surface area (Å²) < 4.78 is 0. The van der Waals surface area contributed by atoms with Crippen LogP contribution in [0.2, 0.25) is 0 Å². The topological polar surface area (TPSA) is 46.3 Å². The van der Waals surface area contributed by atoms with Gasteiger partial charge in [-0.05, 0) is 19.8 Å². The summed E-state index contributed by atoms with van der Waals surface area (Å²) in [6.07, 6.45) is 7.25. The van der Waals surface area contributed by atoms with Crippen molar-refractivity contribution in [1.29, 1.82) is 0 Å². The molecular weight excluding hydrogens is 188 g/mol. The van der Waals surface area contributed by atoms with Gasteiger partial charge in [0.05, 0.1) is 0 Å². The molecular formula is C12H22N2O. The highest BCUT2D eigenvalue weighted by Crippen LogP contribution is 2.27. The minimum Gasteiger partial charge on any atom is -0.339 e. The molecule has 2 aliphatic rings. The maximum absolute atomic E-state index is 12.1. The molecule has 1 aliphatic heterocycles. The van der Waals surface area contributed by atoms with Crippen LogP contribution in [0.1, 0.15) is 45.4 Å². The van der Waals surface area contributed by atoms with Gasteiger partial charge in [-0.2, -0.15) is 0 Å². The molecule has 3 heteroatoms. The first kappa shape index (κ1) is 10.9. The fraction of sp³-hybridized carbons (Fsp3) is 0.917. The minimum absolute atomic E-state index is 0.125. The molecule has 1 heterocycles. The van der Waals surface area contributed by atoms with Gasteiger partial charge in [0.2, 0.25) is 5.91 Å². The van der Waals surface area contributed by atoms with Crippen molar-refractivity contribution >= 4 is 5.91 Å². The molecule has 1 aliphatic carbocycles. The van der Waals surface area contributed by atoms with Crippen molar-refractivity contribution in [3.63, 3.8) is 0 Å². The summed E-state index contributed by atoms with van der Waals surface area (Å²) in [7, 11) is 0. The zero-order chi connectivity index (χ0) is 10.9. The number of carbonyl (C=O) groups excluding carboxylic acids is 1. The van der Waals surface area contributed by atoms with E-state index in [-0.39, 0.29) is 5.54 Å². The molecule has 1 saturated heterocycles. The van der Waals surface area contributed by atoms with Crippen molar-refractivity contribution in [3.05, 3.63) is 0 Å². The summed E-state index contributed by atoms with van der Waals surface area (Å²) in [4.78, 5) is 14.0. The lowest BCUT2D eigenvalue weighted by atomic mass is 9.90. The Balaban J connectivity index is 1.85. The monoisotopic (exact) mass is 210 g/mol. The molecule has 1 saturated carbocycles. The molecule has 2 rings (SSSR count). The Kier molecular flexibility index (Phi) is 3.01. The standard InChI is InChI=1S/C12H22N2O/c1-12(13)8-14(9-12)11(15)10-6-4-2-3-5-7-10/h10H,2-9,13H2,1H3. The number of hydrogen-bond acceptors (Lipinski definition) is 2. The van der Waals surface area contributed by atoms with Gasteiger partial charge in [-0.1, -0.05) is 25.7 Å². The summed E-state index contributed by atoms with van der Waals surface area (Å²) in [6, 6.07) is 0. The molecule has 0 aromatic carbocycles. The highest BCUT2D eigenvalue weighted by molar-refractivity contribution is 5.80. The van der Waals surface area contributed by atoms with E-state index >= 15 is 0 Å². The van der Waals surface area contributed by atoms with Crippen LogP contribution in [0.4, 0.5) is 0 Å². The van der Waals surface area contributed by atoms with Crippen LogP contribution in [0, 0.1) is 5.92 Å². The van der Waals surface area contributed by atoms with Crippen LogP contribution < -0.4 is 5.73 Å². The first-order chi connectivity index (χ1) is 7.08. The highest BCUT2D eigenvalue weighted by atomic mass is 16.2. The molecule has 86 valence electrons. The van der Waals surface area contributed by atoms with E-state index in [1.54, 1.807) is 0 Å². The maximum Gasteiger partial charge on any atom is 0.225 e. The van der Waals surface area contributed by atoms with Crippen LogP contribution in [-0.2, 0) is 4.79 Å². The fourth-order valence-corrected chi connectivity index (χ4v) is 2.77. The molecule has 2 fully saturated rings. The van der Waals surface area contributed by atoms with Gasteiger partial charge in [0.1, 0.15) is 0 Å². The average Bonchev–Trinajstić information content (AvgIpc) is 2.40. The Morgan fingerprint density at radius 3 is 2.20 bits per heavy atom. The number of likely N-dealkylation sites (tertiary alicyclic amines) is 1. The Labute approximate surface area is 92.0 Å². The summed E-state index contributed by atoms with van der Waals surface area (Å²) in [5.41, 5.74) is 5.79. The SMILES string of the molecule is CC1(N)CN(C(=O)C2CCCCCC2)C1. The quantitative estimate of drug-likeness (QED) is 0.667. The van der Waals surface area contributed by atoms with Crippen LogP contribution in [0.3, 0.4) is 0 Å². The minimum atomic E-state index is -0.125. The molecule has 0 unspecified atom stereocenters. The Hall–Kier alpha value is -0.570. The fourth-order valence-electron chi connectivity index (χ4n) is 2.77. The Bertz CT molecular complexity index is 234. The molecule has 0 radical (unpaired) electrons. The number of carbonyl (C=O) groups is 1. The highest BCUT2D eigenvalue weighted by Gasteiger charge is 2.39. The normalized spacial score (nSPS) is 26.9. The van der Waals surface area contributed by atoms with Crippen LogP contribution >= 0.6 is 0 Å². The summed E-state index contributed by atoms with van der Waals surface area (Å²) in [6.45, 7) is 3.52. The largest absolute Gasteiger partial charge is 0.339 e. The number of hydrogen-bond donors (Lipinski definition) is 1. The molecule has 15 heavy (non-hydrogen) atoms. The van der Waals surface area contributed by atoms with Crippen molar-refractivity contribution in [1.82, 2.24) is 4.90 Å². The summed E-state index contributed by atoms with van der Waals surface area (Å²) in [5.74, 6) is 0.656. The number of nitrogens with two attached hydrogens (primary N) is 1. The maximum atomic E-state index is 12.1. The predicted octanol–water partition coefficient (Wildman–Crippen LogP) is 1.52. The first-order valence-corrected chi connectivity index (χ1v) is 6.16. The van der Waals surface area contributed by atoms with Gasteiger partial charge in [0.15, 0.2) is 0 Å². The summed E-state index contributed by atoms with van der Waals surface area (Å²) in [5, 5.41) is 0. The molecule has 0 aromatic heterocycles. The molecule has 0 bridgehead atoms. The van der Waals surface area contributed by atoms with E-state index in [4.69, 9.17) is 5.73 Å². The van der Waals surface area contributed by atoms with Gasteiger partial charge in [-0.25, -0.2) is 0 Å². The number of nitrogens with zero attached hydrogens (tertiary/aromatic N) is 1. The van der Waals surface area contributed by atoms with Crippen molar-refractivity contribution in [2.45, 2.75) is 51.0 Å². The number of amides is 1. The third kappa shape index (κ3) is 2.51. The van der Waals surface area contributed by atoms with Crippen LogP contribution in [0.15, 0.2) is 0 Å². The van der Waals surface area contributed by atoms with Gasteiger partial charge in [-0.3, -0.25) is 4.79 Å². The molecule has 3 nitrogen and oxygen atoms in total. The van der Waals surface area contributed by atoms with E-state index in [1.165, 1.54) is 25.7 Å². The second-order valence-electron chi connectivity index (χ2n) is 5.54. The molecule has 0 spiro atoms. The van der Waals surface area contributed by atoms with E-state index < -0.39 is 0 Å². The molecule has 0 aromatic rings. The van der Waals surface area contributed by atoms with Crippen molar-refractivity contribution in [2.75, 3.05) is 13.1 Å². The van der Waals surface area contributed by atoms with Crippen LogP contribution in [0.25, 0.3) is 0 Å². The summed E-state index contributed by atoms with van der Waals surface area (Å²) >= 11 is 0. The van der Waals surface area contributed by atoms with E-state index in [0.717, 1.165) is 25.9 Å². The zero-order valence-electron chi connectivity index (χ0n) is 9.67. The second kappa shape index (κ2) is 4.12. The Morgan fingerprint density at radius 1 is 1.20 bits per heavy atom. The lowest BCUT2D eigenvalue weighted by molar-refractivity contribution is -0.143. The van der Waals surface area contributed by atoms with Crippen molar-refractivity contribution in [2.24, 2.45) is 11.7 Å². The van der Waals surface area contributed by atoms with Crippen molar-refractivity contribution in [3.8, 4) is 0 Å². The second-order valence-corrected chi connectivity index (χ2v) is 5.54. The van der Waals surface area contributed by atoms with Gasteiger partial charge in [0, 0.05) is 24.5 Å². The van der Waals surface area contributed by atoms with Crippen molar-refractivity contribution < 1.29 is 4.79 Å². The van der Waals surface area contributed by atoms with E-state index in [0.29, 0.717) is 11.8 Å². The van der Waals surface area contributed by atoms with E-state index in [2.05, 4.69) is 0 Å². The average molecular weight is 210 g/mol. The predicted molar refractivity (Wildman–Crippen MR) is 60.4 cm³/mol. The van der Waals surface area contributed by atoms with Gasteiger partial charge in [0.25, 0.3) is 0 Å². The first-order valence-electron chi connectivity index (χ1n) is 6.16. The Morgan fingerprint density at radius 2 is 1.73 bits per heavy atom. The van der Waals surface area contributed by atoms with Gasteiger partial charge >= 0.3 is 0 Å². The van der Waals surface area contributed by atoms with E-state index in [1.807, 2.05) is 11.8 Å². The third-order valence-electron chi connectivity index (χ3n) is 3.62. The smallest absolute Gasteiger partial charge is 0.225 e. The molecule has 1 amide bonds. The van der Waals surface area contributed by atoms with Crippen LogP contribution in [0.5, 0.6) is 0 Å². The van der Waals surface area contributed by atoms with Gasteiger partial charge < -0.3 is 10.6 Å². The lowest BCUT2D eigenvalue weighted by Gasteiger charge is -2.46. The molecule has 0 atom stereocenters. The van der Waals surface area contributed by atoms with E-state index in [9.17, 15) is 4.79 Å². The molecule has 2 N–H and O–H groups in total. The number of rotatable bonds is 1. The zero-order valence-corrected chi connectivity index (χ0v) is 9.67. The lowest BCUT2D eigenvalue weighted by Crippen LogP contribution is -2.67. The van der Waals surface area contributed by atoms with Gasteiger partial charge in [-0.15, -0.1) is 0 Å².